The number of ether oxygens (including phenoxy) is 4. The maximum absolute atomic E-state index is 13.1. The van der Waals surface area contributed by atoms with Crippen LogP contribution in [0.1, 0.15) is 71.5 Å². The van der Waals surface area contributed by atoms with Gasteiger partial charge in [-0.2, -0.15) is 0 Å². The third kappa shape index (κ3) is 3.32. The van der Waals surface area contributed by atoms with Crippen molar-refractivity contribution in [2.45, 2.75) is 77.1 Å². The lowest BCUT2D eigenvalue weighted by Gasteiger charge is -2.60. The van der Waals surface area contributed by atoms with E-state index in [1.54, 1.807) is 12.5 Å². The quantitative estimate of drug-likeness (QED) is 0.339. The monoisotopic (exact) mass is 500 g/mol. The summed E-state index contributed by atoms with van der Waals surface area (Å²) in [5.41, 5.74) is -1.38. The maximum atomic E-state index is 13.1. The van der Waals surface area contributed by atoms with Crippen molar-refractivity contribution in [3.05, 3.63) is 36.3 Å². The minimum atomic E-state index is -0.966. The van der Waals surface area contributed by atoms with E-state index < -0.39 is 28.1 Å². The number of rotatable bonds is 3. The van der Waals surface area contributed by atoms with Gasteiger partial charge in [0.1, 0.15) is 17.3 Å². The molecule has 1 saturated carbocycles. The van der Waals surface area contributed by atoms with Gasteiger partial charge in [0.25, 0.3) is 0 Å². The van der Waals surface area contributed by atoms with Crippen LogP contribution < -0.4 is 0 Å². The smallest absolute Gasteiger partial charge is 0.309 e. The molecule has 8 nitrogen and oxygen atoms in total. The van der Waals surface area contributed by atoms with Gasteiger partial charge in [0.2, 0.25) is 0 Å². The van der Waals surface area contributed by atoms with E-state index in [4.69, 9.17) is 23.4 Å². The third-order valence-electron chi connectivity index (χ3n) is 10.0. The summed E-state index contributed by atoms with van der Waals surface area (Å²) >= 11 is 0. The van der Waals surface area contributed by atoms with E-state index in [1.807, 2.05) is 19.9 Å². The molecule has 8 heteroatoms. The molecule has 1 aliphatic carbocycles. The van der Waals surface area contributed by atoms with Crippen molar-refractivity contribution in [2.75, 3.05) is 13.7 Å². The molecule has 36 heavy (non-hydrogen) atoms. The number of hydrogen-bond acceptors (Lipinski definition) is 8. The van der Waals surface area contributed by atoms with Crippen molar-refractivity contribution in [3.63, 3.8) is 0 Å². The summed E-state index contributed by atoms with van der Waals surface area (Å²) in [7, 11) is 1.37. The van der Waals surface area contributed by atoms with Gasteiger partial charge in [-0.1, -0.05) is 20.4 Å². The van der Waals surface area contributed by atoms with E-state index in [9.17, 15) is 14.4 Å². The summed E-state index contributed by atoms with van der Waals surface area (Å²) in [5.74, 6) is -1.67. The lowest BCUT2D eigenvalue weighted by atomic mass is 9.46. The van der Waals surface area contributed by atoms with Crippen LogP contribution in [0.15, 0.2) is 35.2 Å². The fourth-order valence-corrected chi connectivity index (χ4v) is 8.07. The molecule has 0 radical (unpaired) electrons. The van der Waals surface area contributed by atoms with Crippen LogP contribution in [0.2, 0.25) is 0 Å². The molecule has 0 N–H and O–H groups in total. The van der Waals surface area contributed by atoms with Gasteiger partial charge in [0.05, 0.1) is 45.5 Å². The zero-order chi connectivity index (χ0) is 26.1. The maximum Gasteiger partial charge on any atom is 0.309 e. The van der Waals surface area contributed by atoms with E-state index >= 15 is 0 Å². The first-order valence-corrected chi connectivity index (χ1v) is 12.7. The number of esters is 3. The molecule has 1 aromatic heterocycles. The molecule has 0 aromatic carbocycles. The molecule has 2 bridgehead atoms. The lowest BCUT2D eigenvalue weighted by Crippen LogP contribution is -2.62. The first kappa shape index (κ1) is 25.1. The Balaban J connectivity index is 1.65. The van der Waals surface area contributed by atoms with Crippen LogP contribution in [0.25, 0.3) is 0 Å². The van der Waals surface area contributed by atoms with Crippen molar-refractivity contribution < 1.29 is 37.7 Å². The molecule has 196 valence electrons. The molecule has 7 atom stereocenters. The zero-order valence-electron chi connectivity index (χ0n) is 21.8. The summed E-state index contributed by atoms with van der Waals surface area (Å²) in [6.45, 7) is 12.8. The van der Waals surface area contributed by atoms with Gasteiger partial charge in [-0.3, -0.25) is 14.4 Å². The van der Waals surface area contributed by atoms with Gasteiger partial charge in [-0.15, -0.1) is 0 Å². The third-order valence-corrected chi connectivity index (χ3v) is 10.0. The number of carbonyl (C=O) groups excluding carboxylic acids is 3. The van der Waals surface area contributed by atoms with Crippen LogP contribution in [-0.4, -0.2) is 42.8 Å². The van der Waals surface area contributed by atoms with Crippen LogP contribution >= 0.6 is 0 Å². The molecule has 5 rings (SSSR count). The molecule has 4 heterocycles. The van der Waals surface area contributed by atoms with Crippen molar-refractivity contribution in [2.24, 2.45) is 28.6 Å². The van der Waals surface area contributed by atoms with Crippen LogP contribution in [0, 0.1) is 28.6 Å². The highest BCUT2D eigenvalue weighted by atomic mass is 16.6. The summed E-state index contributed by atoms with van der Waals surface area (Å²) < 4.78 is 29.1. The second-order valence-electron chi connectivity index (χ2n) is 12.0. The predicted octanol–water partition coefficient (Wildman–Crippen LogP) is 4.54. The Morgan fingerprint density at radius 3 is 2.61 bits per heavy atom. The van der Waals surface area contributed by atoms with Crippen LogP contribution in [0.3, 0.4) is 0 Å². The van der Waals surface area contributed by atoms with Crippen LogP contribution in [0.5, 0.6) is 0 Å². The second kappa shape index (κ2) is 8.20. The van der Waals surface area contributed by atoms with Gasteiger partial charge >= 0.3 is 17.9 Å². The average Bonchev–Trinajstić information content (AvgIpc) is 3.31. The predicted molar refractivity (Wildman–Crippen MR) is 127 cm³/mol. The number of cyclic esters (lactones) is 2. The fraction of sp³-hybridized carbons (Fsp3) is 0.679. The van der Waals surface area contributed by atoms with Crippen LogP contribution in [-0.2, 0) is 33.3 Å². The molecule has 4 aliphatic rings. The second-order valence-corrected chi connectivity index (χ2v) is 12.0. The van der Waals surface area contributed by atoms with Crippen molar-refractivity contribution in [1.82, 2.24) is 0 Å². The summed E-state index contributed by atoms with van der Waals surface area (Å²) in [6.07, 6.45) is 4.45. The minimum Gasteiger partial charge on any atom is -0.472 e. The first-order valence-electron chi connectivity index (χ1n) is 12.7. The largest absolute Gasteiger partial charge is 0.472 e. The highest BCUT2D eigenvalue weighted by Crippen LogP contribution is 2.69. The van der Waals surface area contributed by atoms with Crippen LogP contribution in [0.4, 0.5) is 0 Å². The lowest BCUT2D eigenvalue weighted by molar-refractivity contribution is -0.224. The van der Waals surface area contributed by atoms with Crippen molar-refractivity contribution >= 4 is 17.9 Å². The van der Waals surface area contributed by atoms with Crippen molar-refractivity contribution in [1.29, 1.82) is 0 Å². The van der Waals surface area contributed by atoms with E-state index in [-0.39, 0.29) is 61.5 Å². The SMILES string of the molecule is C=C1[C@@H]2CC[C@@]3(C)[C@H](c4ccoc4)OC(=O)C[C@]13OC[C@H]1CC(=O)OC(C)(C)[C@@H](CC(=O)OC)[C@@]12C. The van der Waals surface area contributed by atoms with E-state index in [2.05, 4.69) is 20.4 Å². The molecular weight excluding hydrogens is 464 g/mol. The number of methoxy groups -OCH3 is 1. The highest BCUT2D eigenvalue weighted by molar-refractivity contribution is 5.75. The average molecular weight is 501 g/mol. The standard InChI is InChI=1S/C28H36O8/c1-16-19-7-9-26(4)24(17-8-10-33-14-17)35-23(31)13-28(16,26)34-15-18-11-22(30)36-25(2,3)20(27(18,19)5)12-21(29)32-6/h8,10,14,18-20,24H,1,7,9,11-13,15H2,2-6H3/t18-,19+,20-,24+,26+,27+,28+/m1/s1. The Hall–Kier alpha value is -2.61. The van der Waals surface area contributed by atoms with Gasteiger partial charge in [-0.25, -0.2) is 0 Å². The topological polar surface area (TPSA) is 101 Å². The molecule has 3 aliphatic heterocycles. The van der Waals surface area contributed by atoms with E-state index in [0.717, 1.165) is 17.6 Å². The molecular formula is C28H36O8. The zero-order valence-corrected chi connectivity index (χ0v) is 21.8. The number of furan rings is 1. The van der Waals surface area contributed by atoms with E-state index in [0.29, 0.717) is 6.42 Å². The number of fused-ring (bicyclic) bond motifs is 3. The number of carbonyl (C=O) groups is 3. The van der Waals surface area contributed by atoms with Gasteiger partial charge in [0.15, 0.2) is 0 Å². The molecule has 4 fully saturated rings. The molecule has 0 amide bonds. The summed E-state index contributed by atoms with van der Waals surface area (Å²) in [4.78, 5) is 38.7. The normalized spacial score (nSPS) is 41.6. The Labute approximate surface area is 211 Å². The Bertz CT molecular complexity index is 1090. The Morgan fingerprint density at radius 1 is 1.19 bits per heavy atom. The molecule has 3 saturated heterocycles. The van der Waals surface area contributed by atoms with E-state index in [1.165, 1.54) is 7.11 Å². The van der Waals surface area contributed by atoms with Gasteiger partial charge in [-0.05, 0) is 55.6 Å². The summed E-state index contributed by atoms with van der Waals surface area (Å²) in [6, 6.07) is 1.82. The number of hydrogen-bond donors (Lipinski definition) is 0. The fourth-order valence-electron chi connectivity index (χ4n) is 8.07. The Morgan fingerprint density at radius 2 is 1.94 bits per heavy atom. The van der Waals surface area contributed by atoms with Gasteiger partial charge < -0.3 is 23.4 Å². The van der Waals surface area contributed by atoms with Gasteiger partial charge in [0, 0.05) is 16.9 Å². The highest BCUT2D eigenvalue weighted by Gasteiger charge is 2.70. The molecule has 1 aromatic rings. The first-order chi connectivity index (χ1) is 16.9. The summed E-state index contributed by atoms with van der Waals surface area (Å²) in [5, 5.41) is 0. The van der Waals surface area contributed by atoms with Crippen molar-refractivity contribution in [3.8, 4) is 0 Å². The minimum absolute atomic E-state index is 0.0610. The molecule has 0 unspecified atom stereocenters. The molecule has 1 spiro atoms. The Kier molecular flexibility index (Phi) is 5.71.